The highest BCUT2D eigenvalue weighted by Gasteiger charge is 2.12. The minimum atomic E-state index is -0.320. The molecular weight excluding hydrogens is 382 g/mol. The predicted octanol–water partition coefficient (Wildman–Crippen LogP) is 4.23. The van der Waals surface area contributed by atoms with Crippen LogP contribution in [0.1, 0.15) is 31.4 Å². The van der Waals surface area contributed by atoms with Crippen molar-refractivity contribution in [3.05, 3.63) is 64.6 Å². The van der Waals surface area contributed by atoms with Gasteiger partial charge in [-0.05, 0) is 36.2 Å². The molecule has 0 radical (unpaired) electrons. The lowest BCUT2D eigenvalue weighted by atomic mass is 10.0. The summed E-state index contributed by atoms with van der Waals surface area (Å²) in [7, 11) is 0. The van der Waals surface area contributed by atoms with Crippen LogP contribution in [0.15, 0.2) is 59.1 Å². The molecule has 3 amide bonds. The number of carbonyl (C=O) groups excluding carboxylic acids is 2. The lowest BCUT2D eigenvalue weighted by Crippen LogP contribution is -2.34. The van der Waals surface area contributed by atoms with E-state index in [4.69, 9.17) is 0 Å². The number of rotatable bonds is 7. The van der Waals surface area contributed by atoms with Crippen LogP contribution in [-0.2, 0) is 4.79 Å². The number of benzene rings is 2. The van der Waals surface area contributed by atoms with Gasteiger partial charge in [0.05, 0.1) is 6.04 Å². The second-order valence-electron chi connectivity index (χ2n) is 5.58. The van der Waals surface area contributed by atoms with Crippen LogP contribution in [0.5, 0.6) is 0 Å². The lowest BCUT2D eigenvalue weighted by molar-refractivity contribution is -0.121. The van der Waals surface area contributed by atoms with E-state index in [2.05, 4.69) is 31.9 Å². The van der Waals surface area contributed by atoms with Crippen molar-refractivity contribution in [2.75, 3.05) is 11.9 Å². The van der Waals surface area contributed by atoms with Crippen LogP contribution < -0.4 is 16.0 Å². The van der Waals surface area contributed by atoms with E-state index in [9.17, 15) is 9.59 Å². The van der Waals surface area contributed by atoms with Crippen LogP contribution in [0.25, 0.3) is 0 Å². The topological polar surface area (TPSA) is 70.2 Å². The fourth-order valence-corrected chi connectivity index (χ4v) is 2.63. The molecule has 0 aliphatic rings. The number of carbonyl (C=O) groups is 2. The first-order valence-electron chi connectivity index (χ1n) is 8.23. The van der Waals surface area contributed by atoms with Crippen molar-refractivity contribution in [1.82, 2.24) is 10.6 Å². The molecule has 132 valence electrons. The van der Waals surface area contributed by atoms with E-state index in [1.807, 2.05) is 49.4 Å². The summed E-state index contributed by atoms with van der Waals surface area (Å²) in [5, 5.41) is 8.40. The molecule has 0 spiro atoms. The van der Waals surface area contributed by atoms with Gasteiger partial charge >= 0.3 is 6.03 Å². The van der Waals surface area contributed by atoms with Gasteiger partial charge in [0.2, 0.25) is 5.91 Å². The SMILES string of the molecule is CC[C@H](NC(=O)CCNC(=O)Nc1ccccc1)c1ccc(Br)cc1. The molecule has 3 N–H and O–H groups in total. The van der Waals surface area contributed by atoms with Gasteiger partial charge in [0.15, 0.2) is 0 Å². The van der Waals surface area contributed by atoms with Gasteiger partial charge in [-0.25, -0.2) is 4.79 Å². The number of nitrogens with one attached hydrogen (secondary N) is 3. The Morgan fingerprint density at radius 3 is 2.36 bits per heavy atom. The third-order valence-electron chi connectivity index (χ3n) is 3.69. The molecule has 5 nitrogen and oxygen atoms in total. The predicted molar refractivity (Wildman–Crippen MR) is 103 cm³/mol. The number of halogens is 1. The zero-order chi connectivity index (χ0) is 18.1. The number of amides is 3. The lowest BCUT2D eigenvalue weighted by Gasteiger charge is -2.17. The summed E-state index contributed by atoms with van der Waals surface area (Å²) in [6.07, 6.45) is 1.03. The Hall–Kier alpha value is -2.34. The Balaban J connectivity index is 1.74. The average molecular weight is 404 g/mol. The zero-order valence-electron chi connectivity index (χ0n) is 14.1. The highest BCUT2D eigenvalue weighted by molar-refractivity contribution is 9.10. The van der Waals surface area contributed by atoms with Crippen LogP contribution in [-0.4, -0.2) is 18.5 Å². The molecule has 0 aliphatic heterocycles. The van der Waals surface area contributed by atoms with E-state index >= 15 is 0 Å². The van der Waals surface area contributed by atoms with Crippen LogP contribution in [0.4, 0.5) is 10.5 Å². The van der Waals surface area contributed by atoms with E-state index in [1.54, 1.807) is 12.1 Å². The number of anilines is 1. The van der Waals surface area contributed by atoms with Crippen LogP contribution in [0.3, 0.4) is 0 Å². The van der Waals surface area contributed by atoms with E-state index in [0.29, 0.717) is 5.69 Å². The fourth-order valence-electron chi connectivity index (χ4n) is 2.37. The van der Waals surface area contributed by atoms with Gasteiger partial charge in [-0.2, -0.15) is 0 Å². The standard InChI is InChI=1S/C19H22BrN3O2/c1-2-17(14-8-10-15(20)11-9-14)23-18(24)12-13-21-19(25)22-16-6-4-3-5-7-16/h3-11,17H,2,12-13H2,1H3,(H,23,24)(H2,21,22,25)/t17-/m0/s1. The van der Waals surface area contributed by atoms with Crippen molar-refractivity contribution < 1.29 is 9.59 Å². The minimum absolute atomic E-state index is 0.0289. The molecule has 25 heavy (non-hydrogen) atoms. The molecule has 0 aliphatic carbocycles. The molecule has 2 aromatic rings. The molecule has 1 atom stereocenters. The normalized spacial score (nSPS) is 11.4. The monoisotopic (exact) mass is 403 g/mol. The van der Waals surface area contributed by atoms with Crippen molar-refractivity contribution in [3.8, 4) is 0 Å². The molecule has 0 fully saturated rings. The maximum absolute atomic E-state index is 12.1. The Kier molecular flexibility index (Phi) is 7.47. The molecule has 0 aromatic heterocycles. The van der Waals surface area contributed by atoms with Crippen molar-refractivity contribution in [2.45, 2.75) is 25.8 Å². The highest BCUT2D eigenvalue weighted by Crippen LogP contribution is 2.19. The second kappa shape index (κ2) is 9.84. The summed E-state index contributed by atoms with van der Waals surface area (Å²) in [6, 6.07) is 16.7. The highest BCUT2D eigenvalue weighted by atomic mass is 79.9. The summed E-state index contributed by atoms with van der Waals surface area (Å²) in [4.78, 5) is 23.9. The second-order valence-corrected chi connectivity index (χ2v) is 6.49. The Morgan fingerprint density at radius 2 is 1.72 bits per heavy atom. The van der Waals surface area contributed by atoms with Crippen molar-refractivity contribution in [1.29, 1.82) is 0 Å². The Bertz CT molecular complexity index is 690. The summed E-state index contributed by atoms with van der Waals surface area (Å²) in [5.41, 5.74) is 1.78. The maximum atomic E-state index is 12.1. The third-order valence-corrected chi connectivity index (χ3v) is 4.21. The number of urea groups is 1. The molecule has 0 heterocycles. The van der Waals surface area contributed by atoms with E-state index in [-0.39, 0.29) is 30.9 Å². The van der Waals surface area contributed by atoms with Gasteiger partial charge in [-0.1, -0.05) is 53.2 Å². The molecule has 0 bridgehead atoms. The number of hydrogen-bond donors (Lipinski definition) is 3. The van der Waals surface area contributed by atoms with Gasteiger partial charge in [-0.3, -0.25) is 4.79 Å². The van der Waals surface area contributed by atoms with E-state index in [0.717, 1.165) is 16.5 Å². The first-order valence-corrected chi connectivity index (χ1v) is 9.02. The quantitative estimate of drug-likeness (QED) is 0.647. The first kappa shape index (κ1) is 19.0. The van der Waals surface area contributed by atoms with E-state index < -0.39 is 0 Å². The summed E-state index contributed by atoms with van der Waals surface area (Å²) < 4.78 is 1.01. The molecule has 0 saturated heterocycles. The zero-order valence-corrected chi connectivity index (χ0v) is 15.7. The molecule has 0 saturated carbocycles. The van der Waals surface area contributed by atoms with Gasteiger partial charge < -0.3 is 16.0 Å². The van der Waals surface area contributed by atoms with Gasteiger partial charge in [0.1, 0.15) is 0 Å². The third kappa shape index (κ3) is 6.58. The number of para-hydroxylation sites is 1. The van der Waals surface area contributed by atoms with Gasteiger partial charge in [0.25, 0.3) is 0 Å². The fraction of sp³-hybridized carbons (Fsp3) is 0.263. The summed E-state index contributed by atoms with van der Waals surface area (Å²) in [6.45, 7) is 2.31. The Labute approximate surface area is 156 Å². The van der Waals surface area contributed by atoms with Crippen LogP contribution >= 0.6 is 15.9 Å². The summed E-state index contributed by atoms with van der Waals surface area (Å²) >= 11 is 3.41. The van der Waals surface area contributed by atoms with Crippen LogP contribution in [0, 0.1) is 0 Å². The molecular formula is C19H22BrN3O2. The maximum Gasteiger partial charge on any atom is 0.319 e. The van der Waals surface area contributed by atoms with Gasteiger partial charge in [-0.15, -0.1) is 0 Å². The molecule has 6 heteroatoms. The largest absolute Gasteiger partial charge is 0.349 e. The average Bonchev–Trinajstić information content (AvgIpc) is 2.61. The smallest absolute Gasteiger partial charge is 0.319 e. The summed E-state index contributed by atoms with van der Waals surface area (Å²) in [5.74, 6) is -0.0882. The minimum Gasteiger partial charge on any atom is -0.349 e. The first-order chi connectivity index (χ1) is 12.1. The molecule has 0 unspecified atom stereocenters. The molecule has 2 rings (SSSR count). The van der Waals surface area contributed by atoms with Crippen molar-refractivity contribution >= 4 is 33.6 Å². The van der Waals surface area contributed by atoms with Gasteiger partial charge in [0, 0.05) is 23.1 Å². The molecule has 2 aromatic carbocycles. The van der Waals surface area contributed by atoms with Crippen molar-refractivity contribution in [2.24, 2.45) is 0 Å². The van der Waals surface area contributed by atoms with Crippen molar-refractivity contribution in [3.63, 3.8) is 0 Å². The van der Waals surface area contributed by atoms with Crippen LogP contribution in [0.2, 0.25) is 0 Å². The van der Waals surface area contributed by atoms with E-state index in [1.165, 1.54) is 0 Å². The number of hydrogen-bond acceptors (Lipinski definition) is 2. The Morgan fingerprint density at radius 1 is 1.04 bits per heavy atom.